The van der Waals surface area contributed by atoms with Crippen LogP contribution in [0, 0.1) is 5.92 Å². The van der Waals surface area contributed by atoms with Crippen LogP contribution in [0.3, 0.4) is 0 Å². The molecule has 2 aliphatic rings. The van der Waals surface area contributed by atoms with Crippen molar-refractivity contribution in [2.24, 2.45) is 5.92 Å². The Bertz CT molecular complexity index is 1330. The molecule has 36 heavy (non-hydrogen) atoms. The van der Waals surface area contributed by atoms with Gasteiger partial charge in [0.2, 0.25) is 5.91 Å². The Hall–Kier alpha value is -2.74. The van der Waals surface area contributed by atoms with E-state index in [1.54, 1.807) is 19.2 Å². The molecular weight excluding hydrogens is 476 g/mol. The van der Waals surface area contributed by atoms with E-state index in [4.69, 9.17) is 21.3 Å². The first-order chi connectivity index (χ1) is 17.3. The van der Waals surface area contributed by atoms with Crippen LogP contribution in [0.4, 0.5) is 0 Å². The average Bonchev–Trinajstić information content (AvgIpc) is 2.78. The second kappa shape index (κ2) is 10.3. The maximum atomic E-state index is 13.7. The summed E-state index contributed by atoms with van der Waals surface area (Å²) < 4.78 is 6.84. The Morgan fingerprint density at radius 3 is 2.67 bits per heavy atom. The fourth-order valence-corrected chi connectivity index (χ4v) is 5.53. The molecule has 0 unspecified atom stereocenters. The van der Waals surface area contributed by atoms with Gasteiger partial charge >= 0.3 is 0 Å². The van der Waals surface area contributed by atoms with Crippen molar-refractivity contribution in [2.75, 3.05) is 26.7 Å². The second-order valence-electron chi connectivity index (χ2n) is 10.4. The predicted molar refractivity (Wildman–Crippen MR) is 142 cm³/mol. The first kappa shape index (κ1) is 24.9. The van der Waals surface area contributed by atoms with Crippen LogP contribution in [-0.2, 0) is 16.1 Å². The molecule has 2 fully saturated rings. The van der Waals surface area contributed by atoms with Gasteiger partial charge in [-0.3, -0.25) is 19.1 Å². The molecule has 8 heteroatoms. The van der Waals surface area contributed by atoms with E-state index in [0.717, 1.165) is 32.5 Å². The van der Waals surface area contributed by atoms with Crippen LogP contribution in [0.1, 0.15) is 38.2 Å². The molecule has 1 saturated heterocycles. The number of nitrogens with zero attached hydrogens (tertiary/aromatic N) is 3. The van der Waals surface area contributed by atoms with E-state index < -0.39 is 0 Å². The Balaban J connectivity index is 1.42. The van der Waals surface area contributed by atoms with Crippen molar-refractivity contribution in [3.63, 3.8) is 0 Å². The van der Waals surface area contributed by atoms with Crippen molar-refractivity contribution in [1.29, 1.82) is 0 Å². The Labute approximate surface area is 216 Å². The molecule has 2 heterocycles. The number of hydrogen-bond donors (Lipinski definition) is 1. The summed E-state index contributed by atoms with van der Waals surface area (Å²) in [5, 5.41) is 3.97. The molecule has 0 spiro atoms. The van der Waals surface area contributed by atoms with Gasteiger partial charge in [0.05, 0.1) is 17.0 Å². The number of aromatic nitrogens is 2. The van der Waals surface area contributed by atoms with Gasteiger partial charge in [0.15, 0.2) is 0 Å². The third-order valence-corrected chi connectivity index (χ3v) is 7.53. The highest BCUT2D eigenvalue weighted by Gasteiger charge is 2.35. The summed E-state index contributed by atoms with van der Waals surface area (Å²) in [7, 11) is 1.78. The minimum atomic E-state index is -0.226. The number of hydrogen-bond acceptors (Lipinski definition) is 5. The van der Waals surface area contributed by atoms with Gasteiger partial charge in [0, 0.05) is 43.4 Å². The smallest absolute Gasteiger partial charge is 0.262 e. The molecule has 190 valence electrons. The summed E-state index contributed by atoms with van der Waals surface area (Å²) in [6, 6.07) is 13.2. The topological polar surface area (TPSA) is 76.5 Å². The average molecular weight is 509 g/mol. The van der Waals surface area contributed by atoms with Crippen molar-refractivity contribution in [3.05, 3.63) is 63.4 Å². The maximum absolute atomic E-state index is 13.7. The van der Waals surface area contributed by atoms with Gasteiger partial charge in [-0.05, 0) is 68.4 Å². The van der Waals surface area contributed by atoms with Crippen molar-refractivity contribution in [1.82, 2.24) is 19.8 Å². The summed E-state index contributed by atoms with van der Waals surface area (Å²) in [5.41, 5.74) is 2.29. The molecule has 2 aromatic carbocycles. The highest BCUT2D eigenvalue weighted by atomic mass is 35.5. The highest BCUT2D eigenvalue weighted by molar-refractivity contribution is 6.30. The van der Waals surface area contributed by atoms with E-state index >= 15 is 0 Å². The number of nitrogens with one attached hydrogen (secondary N) is 1. The largest absolute Gasteiger partial charge is 0.379 e. The van der Waals surface area contributed by atoms with E-state index in [9.17, 15) is 9.59 Å². The van der Waals surface area contributed by atoms with Gasteiger partial charge in [-0.1, -0.05) is 29.8 Å². The van der Waals surface area contributed by atoms with Gasteiger partial charge in [-0.15, -0.1) is 0 Å². The summed E-state index contributed by atoms with van der Waals surface area (Å²) in [6.45, 7) is 6.86. The van der Waals surface area contributed by atoms with E-state index in [1.165, 1.54) is 10.1 Å². The molecule has 3 aromatic rings. The van der Waals surface area contributed by atoms with Gasteiger partial charge in [0.1, 0.15) is 12.4 Å². The summed E-state index contributed by atoms with van der Waals surface area (Å²) >= 11 is 6.22. The number of carbonyl (C=O) groups excluding carboxylic acids is 1. The highest BCUT2D eigenvalue weighted by Crippen LogP contribution is 2.43. The molecule has 0 radical (unpaired) electrons. The van der Waals surface area contributed by atoms with Crippen molar-refractivity contribution >= 4 is 28.4 Å². The van der Waals surface area contributed by atoms with Crippen LogP contribution in [0.2, 0.25) is 5.02 Å². The number of likely N-dealkylation sites (tertiary alicyclic amines) is 1. The molecule has 1 aliphatic carbocycles. The van der Waals surface area contributed by atoms with E-state index in [2.05, 4.69) is 16.3 Å². The van der Waals surface area contributed by atoms with Gasteiger partial charge < -0.3 is 10.1 Å². The lowest BCUT2D eigenvalue weighted by Gasteiger charge is -2.44. The Morgan fingerprint density at radius 1 is 1.19 bits per heavy atom. The maximum Gasteiger partial charge on any atom is 0.262 e. The summed E-state index contributed by atoms with van der Waals surface area (Å²) in [5.74, 6) is 1.34. The van der Waals surface area contributed by atoms with Crippen LogP contribution < -0.4 is 10.9 Å². The fourth-order valence-electron chi connectivity index (χ4n) is 5.34. The lowest BCUT2D eigenvalue weighted by atomic mass is 9.71. The first-order valence-electron chi connectivity index (χ1n) is 12.7. The van der Waals surface area contributed by atoms with Gasteiger partial charge in [-0.25, -0.2) is 4.98 Å². The van der Waals surface area contributed by atoms with Crippen LogP contribution in [0.25, 0.3) is 22.3 Å². The molecule has 0 bridgehead atoms. The molecule has 1 aromatic heterocycles. The number of benzene rings is 2. The third kappa shape index (κ3) is 5.19. The molecule has 1 saturated carbocycles. The van der Waals surface area contributed by atoms with E-state index in [1.807, 2.05) is 38.1 Å². The zero-order valence-corrected chi connectivity index (χ0v) is 21.8. The number of halogens is 1. The van der Waals surface area contributed by atoms with Crippen molar-refractivity contribution in [2.45, 2.75) is 51.3 Å². The molecular formula is C28H33ClN4O3. The minimum absolute atomic E-state index is 0.0222. The Kier molecular flexibility index (Phi) is 7.15. The van der Waals surface area contributed by atoms with Crippen LogP contribution in [-0.4, -0.2) is 59.2 Å². The van der Waals surface area contributed by atoms with Crippen LogP contribution in [0.15, 0.2) is 47.3 Å². The SMILES string of the molecule is COC1CN(CC2CC(c3ccc4nc(-c5cccc(Cl)c5)n(CC(=O)NC(C)C)c(=O)c4c3)C2)C1. The second-order valence-corrected chi connectivity index (χ2v) is 10.9. The van der Waals surface area contributed by atoms with Gasteiger partial charge in [0.25, 0.3) is 5.56 Å². The first-order valence-corrected chi connectivity index (χ1v) is 13.0. The number of methoxy groups -OCH3 is 1. The number of amides is 1. The number of fused-ring (bicyclic) bond motifs is 1. The molecule has 1 aliphatic heterocycles. The van der Waals surface area contributed by atoms with E-state index in [-0.39, 0.29) is 24.1 Å². The van der Waals surface area contributed by atoms with Crippen LogP contribution >= 0.6 is 11.6 Å². The van der Waals surface area contributed by atoms with Crippen molar-refractivity contribution in [3.8, 4) is 11.4 Å². The number of carbonyl (C=O) groups is 1. The van der Waals surface area contributed by atoms with Gasteiger partial charge in [-0.2, -0.15) is 0 Å². The summed E-state index contributed by atoms with van der Waals surface area (Å²) in [6.07, 6.45) is 2.63. The quantitative estimate of drug-likeness (QED) is 0.496. The van der Waals surface area contributed by atoms with E-state index in [0.29, 0.717) is 45.3 Å². The Morgan fingerprint density at radius 2 is 1.97 bits per heavy atom. The fraction of sp³-hybridized carbons (Fsp3) is 0.464. The zero-order valence-electron chi connectivity index (χ0n) is 21.0. The van der Waals surface area contributed by atoms with Crippen molar-refractivity contribution < 1.29 is 9.53 Å². The predicted octanol–water partition coefficient (Wildman–Crippen LogP) is 4.07. The number of ether oxygens (including phenoxy) is 1. The minimum Gasteiger partial charge on any atom is -0.379 e. The standard InChI is InChI=1S/C28H33ClN4O3/c1-17(2)30-26(34)16-33-27(20-5-4-6-22(29)11-20)31-25-8-7-19(12-24(25)28(33)35)21-9-18(10-21)13-32-14-23(15-32)36-3/h4-8,11-12,17-18,21,23H,9-10,13-16H2,1-3H3,(H,30,34). The normalized spacial score (nSPS) is 20.4. The molecule has 1 amide bonds. The lowest BCUT2D eigenvalue weighted by molar-refractivity contribution is -0.122. The lowest BCUT2D eigenvalue weighted by Crippen LogP contribution is -2.54. The number of rotatable bonds is 8. The zero-order chi connectivity index (χ0) is 25.4. The molecule has 0 atom stereocenters. The third-order valence-electron chi connectivity index (χ3n) is 7.29. The molecule has 7 nitrogen and oxygen atoms in total. The summed E-state index contributed by atoms with van der Waals surface area (Å²) in [4.78, 5) is 33.6. The molecule has 1 N–H and O–H groups in total. The molecule has 5 rings (SSSR count). The van der Waals surface area contributed by atoms with Crippen LogP contribution in [0.5, 0.6) is 0 Å². The monoisotopic (exact) mass is 508 g/mol.